The number of rotatable bonds is 5. The summed E-state index contributed by atoms with van der Waals surface area (Å²) in [6.45, 7) is 3.32. The molecule has 0 aliphatic heterocycles. The summed E-state index contributed by atoms with van der Waals surface area (Å²) in [5.74, 6) is 2.27. The Morgan fingerprint density at radius 1 is 1.37 bits per heavy atom. The molecule has 0 radical (unpaired) electrons. The molecule has 3 N–H and O–H groups in total. The van der Waals surface area contributed by atoms with E-state index in [-0.39, 0.29) is 0 Å². The second-order valence-electron chi connectivity index (χ2n) is 5.33. The minimum atomic E-state index is 0.623. The number of nitrogens with two attached hydrogens (primary N) is 1. The van der Waals surface area contributed by atoms with E-state index in [0.29, 0.717) is 5.82 Å². The average Bonchev–Trinajstić information content (AvgIpc) is 3.21. The Kier molecular flexibility index (Phi) is 3.42. The quantitative estimate of drug-likeness (QED) is 0.870. The Labute approximate surface area is 118 Å². The third kappa shape index (κ3) is 2.73. The number of benzene rings is 1. The van der Waals surface area contributed by atoms with E-state index in [4.69, 9.17) is 5.73 Å². The molecule has 1 aliphatic carbocycles. The number of hydrogen-bond donors (Lipinski definition) is 2. The number of nitrogens with one attached hydrogen (secondary N) is 1. The lowest BCUT2D eigenvalue weighted by molar-refractivity contribution is 0.537. The maximum absolute atomic E-state index is 6.01. The first-order valence-corrected chi connectivity index (χ1v) is 7.57. The lowest BCUT2D eigenvalue weighted by Crippen LogP contribution is -2.12. The van der Waals surface area contributed by atoms with Gasteiger partial charge in [-0.2, -0.15) is 4.37 Å². The third-order valence-corrected chi connectivity index (χ3v) is 4.61. The molecule has 3 rings (SSSR count). The number of hydrogen-bond acceptors (Lipinski definition) is 4. The fourth-order valence-electron chi connectivity index (χ4n) is 2.39. The van der Waals surface area contributed by atoms with Crippen LogP contribution >= 0.6 is 11.5 Å². The summed E-state index contributed by atoms with van der Waals surface area (Å²) in [5.41, 5.74) is 8.20. The molecule has 0 saturated heterocycles. The molecule has 0 amide bonds. The molecule has 1 unspecified atom stereocenters. The summed E-state index contributed by atoms with van der Waals surface area (Å²) in [4.78, 5) is 0. The van der Waals surface area contributed by atoms with Gasteiger partial charge in [-0.15, -0.1) is 0 Å². The van der Waals surface area contributed by atoms with Gasteiger partial charge in [0.25, 0.3) is 0 Å². The monoisotopic (exact) mass is 273 g/mol. The van der Waals surface area contributed by atoms with Crippen LogP contribution in [0.3, 0.4) is 0 Å². The van der Waals surface area contributed by atoms with Crippen molar-refractivity contribution in [3.63, 3.8) is 0 Å². The zero-order valence-electron chi connectivity index (χ0n) is 11.1. The minimum absolute atomic E-state index is 0.623. The first kappa shape index (κ1) is 12.5. The second kappa shape index (κ2) is 5.21. The highest BCUT2D eigenvalue weighted by molar-refractivity contribution is 7.11. The Morgan fingerprint density at radius 2 is 2.11 bits per heavy atom. The zero-order valence-corrected chi connectivity index (χ0v) is 11.9. The summed E-state index contributed by atoms with van der Waals surface area (Å²) in [6.07, 6.45) is 2.78. The molecule has 0 bridgehead atoms. The number of anilines is 2. The average molecular weight is 273 g/mol. The van der Waals surface area contributed by atoms with Gasteiger partial charge in [-0.05, 0) is 41.8 Å². The van der Waals surface area contributed by atoms with Crippen LogP contribution in [0.2, 0.25) is 0 Å². The molecule has 1 heterocycles. The van der Waals surface area contributed by atoms with Crippen molar-refractivity contribution in [2.45, 2.75) is 19.8 Å². The molecule has 1 fully saturated rings. The van der Waals surface area contributed by atoms with E-state index in [1.807, 2.05) is 18.2 Å². The van der Waals surface area contributed by atoms with Crippen molar-refractivity contribution in [3.8, 4) is 11.1 Å². The van der Waals surface area contributed by atoms with Crippen LogP contribution in [-0.2, 0) is 0 Å². The van der Waals surface area contributed by atoms with Gasteiger partial charge in [-0.1, -0.05) is 37.3 Å². The molecule has 1 saturated carbocycles. The Bertz CT molecular complexity index is 546. The highest BCUT2D eigenvalue weighted by atomic mass is 32.1. The van der Waals surface area contributed by atoms with Gasteiger partial charge in [0, 0.05) is 6.54 Å². The van der Waals surface area contributed by atoms with Crippen LogP contribution in [0.1, 0.15) is 19.8 Å². The first-order valence-electron chi connectivity index (χ1n) is 6.80. The summed E-state index contributed by atoms with van der Waals surface area (Å²) < 4.78 is 4.29. The summed E-state index contributed by atoms with van der Waals surface area (Å²) in [5, 5.41) is 4.62. The van der Waals surface area contributed by atoms with Crippen molar-refractivity contribution in [2.24, 2.45) is 11.8 Å². The lowest BCUT2D eigenvalue weighted by atomic mass is 10.1. The third-order valence-electron chi connectivity index (χ3n) is 3.79. The SMILES string of the molecule is CC(CNc1snc(N)c1-c1ccccc1)C1CC1. The predicted molar refractivity (Wildman–Crippen MR) is 82.3 cm³/mol. The molecule has 1 aliphatic rings. The predicted octanol–water partition coefficient (Wildman–Crippen LogP) is 3.85. The van der Waals surface area contributed by atoms with Gasteiger partial charge in [-0.25, -0.2) is 0 Å². The highest BCUT2D eigenvalue weighted by Gasteiger charge is 2.27. The van der Waals surface area contributed by atoms with Crippen LogP contribution in [-0.4, -0.2) is 10.9 Å². The van der Waals surface area contributed by atoms with Crippen LogP contribution in [0.4, 0.5) is 10.8 Å². The van der Waals surface area contributed by atoms with E-state index in [0.717, 1.165) is 34.5 Å². The van der Waals surface area contributed by atoms with Crippen LogP contribution < -0.4 is 11.1 Å². The van der Waals surface area contributed by atoms with E-state index in [1.54, 1.807) is 0 Å². The minimum Gasteiger partial charge on any atom is -0.382 e. The van der Waals surface area contributed by atoms with Gasteiger partial charge in [0.2, 0.25) is 0 Å². The van der Waals surface area contributed by atoms with Gasteiger partial charge >= 0.3 is 0 Å². The van der Waals surface area contributed by atoms with E-state index >= 15 is 0 Å². The van der Waals surface area contributed by atoms with Crippen molar-refractivity contribution in [1.29, 1.82) is 0 Å². The molecular formula is C15H19N3S. The van der Waals surface area contributed by atoms with Gasteiger partial charge in [0.05, 0.1) is 5.56 Å². The van der Waals surface area contributed by atoms with Gasteiger partial charge < -0.3 is 11.1 Å². The molecule has 1 atom stereocenters. The van der Waals surface area contributed by atoms with Gasteiger partial charge in [0.1, 0.15) is 10.8 Å². The molecule has 2 aromatic rings. The van der Waals surface area contributed by atoms with Crippen molar-refractivity contribution in [2.75, 3.05) is 17.6 Å². The van der Waals surface area contributed by atoms with Crippen LogP contribution in [0.25, 0.3) is 11.1 Å². The van der Waals surface area contributed by atoms with Crippen molar-refractivity contribution >= 4 is 22.4 Å². The topological polar surface area (TPSA) is 50.9 Å². The van der Waals surface area contributed by atoms with Crippen molar-refractivity contribution in [1.82, 2.24) is 4.37 Å². The van der Waals surface area contributed by atoms with Crippen molar-refractivity contribution < 1.29 is 0 Å². The lowest BCUT2D eigenvalue weighted by Gasteiger charge is -2.12. The molecule has 19 heavy (non-hydrogen) atoms. The van der Waals surface area contributed by atoms with Gasteiger partial charge in [-0.3, -0.25) is 0 Å². The van der Waals surface area contributed by atoms with E-state index in [1.165, 1.54) is 24.4 Å². The maximum atomic E-state index is 6.01. The molecular weight excluding hydrogens is 254 g/mol. The Morgan fingerprint density at radius 3 is 2.79 bits per heavy atom. The molecule has 1 aromatic heterocycles. The Hall–Kier alpha value is -1.55. The molecule has 3 nitrogen and oxygen atoms in total. The summed E-state index contributed by atoms with van der Waals surface area (Å²) >= 11 is 1.46. The normalized spacial score (nSPS) is 16.3. The molecule has 1 aromatic carbocycles. The molecule has 0 spiro atoms. The fraction of sp³-hybridized carbons (Fsp3) is 0.400. The molecule has 100 valence electrons. The highest BCUT2D eigenvalue weighted by Crippen LogP contribution is 2.39. The number of aromatic nitrogens is 1. The van der Waals surface area contributed by atoms with Crippen molar-refractivity contribution in [3.05, 3.63) is 30.3 Å². The zero-order chi connectivity index (χ0) is 13.2. The van der Waals surface area contributed by atoms with Gasteiger partial charge in [0.15, 0.2) is 0 Å². The summed E-state index contributed by atoms with van der Waals surface area (Å²) in [6, 6.07) is 10.2. The van der Waals surface area contributed by atoms with E-state index in [2.05, 4.69) is 28.7 Å². The molecule has 4 heteroatoms. The number of nitrogens with zero attached hydrogens (tertiary/aromatic N) is 1. The van der Waals surface area contributed by atoms with Crippen LogP contribution in [0.15, 0.2) is 30.3 Å². The smallest absolute Gasteiger partial charge is 0.147 e. The van der Waals surface area contributed by atoms with Crippen LogP contribution in [0, 0.1) is 11.8 Å². The Balaban J connectivity index is 1.78. The van der Waals surface area contributed by atoms with Crippen LogP contribution in [0.5, 0.6) is 0 Å². The largest absolute Gasteiger partial charge is 0.382 e. The maximum Gasteiger partial charge on any atom is 0.147 e. The number of nitrogen functional groups attached to an aromatic ring is 1. The fourth-order valence-corrected chi connectivity index (χ4v) is 3.14. The second-order valence-corrected chi connectivity index (χ2v) is 6.11. The van der Waals surface area contributed by atoms with E-state index in [9.17, 15) is 0 Å². The summed E-state index contributed by atoms with van der Waals surface area (Å²) in [7, 11) is 0. The standard InChI is InChI=1S/C15H19N3S/c1-10(11-7-8-11)9-17-15-13(14(16)18-19-15)12-5-3-2-4-6-12/h2-6,10-11,17H,7-9H2,1H3,(H2,16,18). The van der Waals surface area contributed by atoms with E-state index < -0.39 is 0 Å². The first-order chi connectivity index (χ1) is 9.25.